The van der Waals surface area contributed by atoms with Gasteiger partial charge in [-0.2, -0.15) is 0 Å². The van der Waals surface area contributed by atoms with E-state index in [9.17, 15) is 0 Å². The van der Waals surface area contributed by atoms with Crippen molar-refractivity contribution in [1.29, 1.82) is 0 Å². The summed E-state index contributed by atoms with van der Waals surface area (Å²) in [5.41, 5.74) is 10.1. The summed E-state index contributed by atoms with van der Waals surface area (Å²) in [6, 6.07) is 15.2. The number of nitrogens with two attached hydrogens (primary N) is 1. The van der Waals surface area contributed by atoms with E-state index in [2.05, 4.69) is 4.98 Å². The lowest BCUT2D eigenvalue weighted by Gasteiger charge is -2.15. The Balaban J connectivity index is 2.07. The highest BCUT2D eigenvalue weighted by Gasteiger charge is 2.14. The number of pyridine rings is 1. The summed E-state index contributed by atoms with van der Waals surface area (Å²) >= 11 is 12.3. The Bertz CT molecular complexity index is 815. The monoisotopic (exact) mass is 316 g/mol. The van der Waals surface area contributed by atoms with Crippen molar-refractivity contribution >= 4 is 34.1 Å². The zero-order valence-corrected chi connectivity index (χ0v) is 13.0. The summed E-state index contributed by atoms with van der Waals surface area (Å²) in [6.45, 7) is 1.98. The first kappa shape index (κ1) is 14.3. The SMILES string of the molecule is Cc1ccc2cc(C(N)c3cccc(Cl)c3Cl)ccc2n1. The van der Waals surface area contributed by atoms with Crippen molar-refractivity contribution in [2.24, 2.45) is 5.73 Å². The van der Waals surface area contributed by atoms with Crippen LogP contribution >= 0.6 is 23.2 Å². The van der Waals surface area contributed by atoms with Crippen LogP contribution in [0.4, 0.5) is 0 Å². The molecule has 3 rings (SSSR count). The molecule has 0 spiro atoms. The maximum Gasteiger partial charge on any atom is 0.0705 e. The van der Waals surface area contributed by atoms with Gasteiger partial charge in [-0.15, -0.1) is 0 Å². The van der Waals surface area contributed by atoms with Gasteiger partial charge in [0.05, 0.1) is 21.6 Å². The fourth-order valence-electron chi connectivity index (χ4n) is 2.38. The number of aromatic nitrogens is 1. The molecule has 3 aromatic rings. The predicted molar refractivity (Wildman–Crippen MR) is 89.0 cm³/mol. The van der Waals surface area contributed by atoms with Crippen molar-refractivity contribution in [2.75, 3.05) is 0 Å². The molecule has 0 bridgehead atoms. The minimum Gasteiger partial charge on any atom is -0.320 e. The Kier molecular flexibility index (Phi) is 3.85. The minimum atomic E-state index is -0.318. The lowest BCUT2D eigenvalue weighted by molar-refractivity contribution is 0.873. The molecule has 0 saturated carbocycles. The summed E-state index contributed by atoms with van der Waals surface area (Å²) < 4.78 is 0. The quantitative estimate of drug-likeness (QED) is 0.730. The highest BCUT2D eigenvalue weighted by Crippen LogP contribution is 2.32. The molecule has 4 heteroatoms. The number of rotatable bonds is 2. The molecule has 0 amide bonds. The number of hydrogen-bond acceptors (Lipinski definition) is 2. The molecule has 2 nitrogen and oxygen atoms in total. The van der Waals surface area contributed by atoms with Crippen molar-refractivity contribution in [3.63, 3.8) is 0 Å². The normalized spacial score (nSPS) is 12.6. The third-order valence-electron chi connectivity index (χ3n) is 3.53. The number of fused-ring (bicyclic) bond motifs is 1. The molecular weight excluding hydrogens is 303 g/mol. The zero-order valence-electron chi connectivity index (χ0n) is 11.5. The van der Waals surface area contributed by atoms with E-state index in [0.29, 0.717) is 10.0 Å². The van der Waals surface area contributed by atoms with Gasteiger partial charge in [-0.3, -0.25) is 4.98 Å². The van der Waals surface area contributed by atoms with Crippen LogP contribution in [0.3, 0.4) is 0 Å². The third kappa shape index (κ3) is 2.75. The van der Waals surface area contributed by atoms with E-state index in [0.717, 1.165) is 27.7 Å². The highest BCUT2D eigenvalue weighted by molar-refractivity contribution is 6.42. The van der Waals surface area contributed by atoms with Crippen LogP contribution in [-0.4, -0.2) is 4.98 Å². The Morgan fingerprint density at radius 2 is 1.86 bits per heavy atom. The van der Waals surface area contributed by atoms with Crippen molar-refractivity contribution in [3.8, 4) is 0 Å². The molecule has 2 N–H and O–H groups in total. The van der Waals surface area contributed by atoms with Gasteiger partial charge in [0, 0.05) is 11.1 Å². The van der Waals surface area contributed by atoms with E-state index in [1.54, 1.807) is 6.07 Å². The first-order valence-electron chi connectivity index (χ1n) is 6.63. The van der Waals surface area contributed by atoms with Crippen LogP contribution < -0.4 is 5.73 Å². The molecule has 2 aromatic carbocycles. The number of hydrogen-bond donors (Lipinski definition) is 1. The summed E-state index contributed by atoms with van der Waals surface area (Å²) in [4.78, 5) is 4.49. The van der Waals surface area contributed by atoms with Gasteiger partial charge in [-0.05, 0) is 42.3 Å². The summed E-state index contributed by atoms with van der Waals surface area (Å²) in [7, 11) is 0. The average molecular weight is 317 g/mol. The standard InChI is InChI=1S/C17H14Cl2N2/c1-10-5-6-11-9-12(7-8-15(11)21-10)17(20)13-3-2-4-14(18)16(13)19/h2-9,17H,20H2,1H3. The predicted octanol–water partition coefficient (Wildman–Crippen LogP) is 4.90. The van der Waals surface area contributed by atoms with Crippen LogP contribution in [0.5, 0.6) is 0 Å². The van der Waals surface area contributed by atoms with Crippen LogP contribution in [0, 0.1) is 6.92 Å². The van der Waals surface area contributed by atoms with Crippen LogP contribution in [0.25, 0.3) is 10.9 Å². The maximum atomic E-state index is 6.34. The first-order valence-corrected chi connectivity index (χ1v) is 7.38. The second kappa shape index (κ2) is 5.64. The topological polar surface area (TPSA) is 38.9 Å². The van der Waals surface area contributed by atoms with Gasteiger partial charge < -0.3 is 5.73 Å². The van der Waals surface area contributed by atoms with Crippen molar-refractivity contribution in [2.45, 2.75) is 13.0 Å². The van der Waals surface area contributed by atoms with E-state index < -0.39 is 0 Å². The molecule has 0 aliphatic rings. The van der Waals surface area contributed by atoms with Gasteiger partial charge in [0.2, 0.25) is 0 Å². The first-order chi connectivity index (χ1) is 10.1. The molecule has 1 heterocycles. The summed E-state index contributed by atoms with van der Waals surface area (Å²) in [5, 5.41) is 2.09. The fraction of sp³-hybridized carbons (Fsp3) is 0.118. The number of aryl methyl sites for hydroxylation is 1. The van der Waals surface area contributed by atoms with Crippen LogP contribution in [0.1, 0.15) is 22.9 Å². The summed E-state index contributed by atoms with van der Waals surface area (Å²) in [6.07, 6.45) is 0. The Morgan fingerprint density at radius 3 is 2.67 bits per heavy atom. The molecule has 0 fully saturated rings. The van der Waals surface area contributed by atoms with Gasteiger partial charge >= 0.3 is 0 Å². The smallest absolute Gasteiger partial charge is 0.0705 e. The fourth-order valence-corrected chi connectivity index (χ4v) is 2.81. The molecule has 1 aromatic heterocycles. The Morgan fingerprint density at radius 1 is 1.05 bits per heavy atom. The molecular formula is C17H14Cl2N2. The number of benzene rings is 2. The third-order valence-corrected chi connectivity index (χ3v) is 4.36. The molecule has 0 aliphatic carbocycles. The van der Waals surface area contributed by atoms with E-state index in [1.165, 1.54) is 0 Å². The van der Waals surface area contributed by atoms with Crippen LogP contribution in [-0.2, 0) is 0 Å². The largest absolute Gasteiger partial charge is 0.320 e. The van der Waals surface area contributed by atoms with Gasteiger partial charge in [0.15, 0.2) is 0 Å². The molecule has 21 heavy (non-hydrogen) atoms. The van der Waals surface area contributed by atoms with Crippen LogP contribution in [0.15, 0.2) is 48.5 Å². The second-order valence-corrected chi connectivity index (χ2v) is 5.81. The summed E-state index contributed by atoms with van der Waals surface area (Å²) in [5.74, 6) is 0. The van der Waals surface area contributed by atoms with E-state index in [-0.39, 0.29) is 6.04 Å². The van der Waals surface area contributed by atoms with E-state index >= 15 is 0 Å². The molecule has 0 aliphatic heterocycles. The number of nitrogens with zero attached hydrogens (tertiary/aromatic N) is 1. The maximum absolute atomic E-state index is 6.34. The lowest BCUT2D eigenvalue weighted by atomic mass is 9.98. The lowest BCUT2D eigenvalue weighted by Crippen LogP contribution is -2.12. The molecule has 0 radical (unpaired) electrons. The average Bonchev–Trinajstić information content (AvgIpc) is 2.49. The molecule has 106 valence electrons. The van der Waals surface area contributed by atoms with Crippen molar-refractivity contribution in [1.82, 2.24) is 4.98 Å². The van der Waals surface area contributed by atoms with E-state index in [4.69, 9.17) is 28.9 Å². The molecule has 0 saturated heterocycles. The highest BCUT2D eigenvalue weighted by atomic mass is 35.5. The van der Waals surface area contributed by atoms with Crippen LogP contribution in [0.2, 0.25) is 10.0 Å². The van der Waals surface area contributed by atoms with E-state index in [1.807, 2.05) is 49.4 Å². The Hall–Kier alpha value is -1.61. The van der Waals surface area contributed by atoms with Crippen molar-refractivity contribution in [3.05, 3.63) is 75.4 Å². The minimum absolute atomic E-state index is 0.318. The second-order valence-electron chi connectivity index (χ2n) is 5.03. The number of halogens is 2. The zero-order chi connectivity index (χ0) is 15.0. The molecule has 1 unspecified atom stereocenters. The van der Waals surface area contributed by atoms with Gasteiger partial charge in [0.1, 0.15) is 0 Å². The van der Waals surface area contributed by atoms with Crippen molar-refractivity contribution < 1.29 is 0 Å². The Labute approximate surface area is 133 Å². The van der Waals surface area contributed by atoms with Gasteiger partial charge in [-0.1, -0.05) is 47.5 Å². The van der Waals surface area contributed by atoms with Gasteiger partial charge in [0.25, 0.3) is 0 Å². The van der Waals surface area contributed by atoms with Gasteiger partial charge in [-0.25, -0.2) is 0 Å². The molecule has 1 atom stereocenters.